The molecule has 2 aromatic rings. The summed E-state index contributed by atoms with van der Waals surface area (Å²) in [5.41, 5.74) is 2.09. The van der Waals surface area contributed by atoms with Crippen LogP contribution in [0.2, 0.25) is 0 Å². The number of rotatable bonds is 4. The summed E-state index contributed by atoms with van der Waals surface area (Å²) < 4.78 is 82.7. The van der Waals surface area contributed by atoms with E-state index in [1.165, 1.54) is 13.8 Å². The molecule has 0 aliphatic heterocycles. The molecule has 1 atom stereocenters. The molecular formula is C18H15F6NO2. The first-order valence-electron chi connectivity index (χ1n) is 7.68. The molecule has 0 amide bonds. The number of carboxylic acid groups (broad SMARTS) is 1. The van der Waals surface area contributed by atoms with Crippen LogP contribution in [-0.4, -0.2) is 11.1 Å². The van der Waals surface area contributed by atoms with Gasteiger partial charge in [0.1, 0.15) is 17.5 Å². The lowest BCUT2D eigenvalue weighted by molar-refractivity contribution is -0.140. The third-order valence-corrected chi connectivity index (χ3v) is 4.07. The molecule has 0 spiro atoms. The molecule has 3 nitrogen and oxygen atoms in total. The zero-order chi connectivity index (χ0) is 20.7. The second kappa shape index (κ2) is 7.22. The first kappa shape index (κ1) is 20.8. The summed E-state index contributed by atoms with van der Waals surface area (Å²) in [4.78, 5) is 10.8. The molecule has 3 N–H and O–H groups in total. The molecule has 2 rings (SSSR count). The van der Waals surface area contributed by atoms with Crippen LogP contribution in [0.1, 0.15) is 34.7 Å². The lowest BCUT2D eigenvalue weighted by atomic mass is 9.89. The van der Waals surface area contributed by atoms with Gasteiger partial charge in [-0.3, -0.25) is 4.79 Å². The highest BCUT2D eigenvalue weighted by atomic mass is 19.4. The van der Waals surface area contributed by atoms with E-state index in [4.69, 9.17) is 10.8 Å². The highest BCUT2D eigenvalue weighted by Gasteiger charge is 2.39. The van der Waals surface area contributed by atoms with E-state index in [1.54, 1.807) is 0 Å². The van der Waals surface area contributed by atoms with Crippen molar-refractivity contribution < 1.29 is 36.2 Å². The minimum atomic E-state index is -5.17. The molecule has 146 valence electrons. The first-order valence-corrected chi connectivity index (χ1v) is 7.68. The van der Waals surface area contributed by atoms with E-state index >= 15 is 0 Å². The van der Waals surface area contributed by atoms with E-state index in [1.807, 2.05) is 0 Å². The number of hydrogen-bond acceptors (Lipinski definition) is 2. The van der Waals surface area contributed by atoms with Crippen LogP contribution in [0.15, 0.2) is 18.2 Å². The fourth-order valence-corrected chi connectivity index (χ4v) is 3.00. The van der Waals surface area contributed by atoms with Crippen LogP contribution in [0, 0.1) is 31.3 Å². The number of alkyl halides is 3. The van der Waals surface area contributed by atoms with Crippen molar-refractivity contribution in [1.29, 1.82) is 0 Å². The SMILES string of the molecule is Cc1cc(F)cc(C)c1-c1cc(C(F)(F)F)c(F)c(C(N)CC(=O)O)c1F. The third-order valence-electron chi connectivity index (χ3n) is 4.07. The molecule has 2 aromatic carbocycles. The average Bonchev–Trinajstić information content (AvgIpc) is 2.46. The van der Waals surface area contributed by atoms with Gasteiger partial charge in [-0.05, 0) is 48.7 Å². The molecular weight excluding hydrogens is 376 g/mol. The van der Waals surface area contributed by atoms with Crippen molar-refractivity contribution in [3.05, 3.63) is 57.9 Å². The smallest absolute Gasteiger partial charge is 0.419 e. The van der Waals surface area contributed by atoms with Crippen molar-refractivity contribution in [3.63, 3.8) is 0 Å². The summed E-state index contributed by atoms with van der Waals surface area (Å²) in [6, 6.07) is 0.434. The predicted molar refractivity (Wildman–Crippen MR) is 85.4 cm³/mol. The fourth-order valence-electron chi connectivity index (χ4n) is 3.00. The number of halogens is 6. The zero-order valence-corrected chi connectivity index (χ0v) is 14.2. The quantitative estimate of drug-likeness (QED) is 0.730. The number of aliphatic carboxylic acids is 1. The minimum Gasteiger partial charge on any atom is -0.481 e. The van der Waals surface area contributed by atoms with Crippen molar-refractivity contribution in [2.45, 2.75) is 32.5 Å². The lowest BCUT2D eigenvalue weighted by Crippen LogP contribution is -2.21. The maximum atomic E-state index is 15.0. The van der Waals surface area contributed by atoms with Crippen LogP contribution < -0.4 is 5.73 Å². The summed E-state index contributed by atoms with van der Waals surface area (Å²) in [7, 11) is 0. The Balaban J connectivity index is 2.89. The minimum absolute atomic E-state index is 0.0526. The van der Waals surface area contributed by atoms with Crippen molar-refractivity contribution >= 4 is 5.97 Å². The molecule has 1 unspecified atom stereocenters. The Bertz CT molecular complexity index is 885. The van der Waals surface area contributed by atoms with Crippen molar-refractivity contribution in [2.75, 3.05) is 0 Å². The molecule has 0 aromatic heterocycles. The van der Waals surface area contributed by atoms with Gasteiger partial charge in [0.05, 0.1) is 12.0 Å². The van der Waals surface area contributed by atoms with E-state index in [0.29, 0.717) is 0 Å². The highest BCUT2D eigenvalue weighted by Crippen LogP contribution is 2.41. The topological polar surface area (TPSA) is 63.3 Å². The van der Waals surface area contributed by atoms with Gasteiger partial charge in [0.25, 0.3) is 0 Å². The van der Waals surface area contributed by atoms with E-state index in [9.17, 15) is 31.1 Å². The summed E-state index contributed by atoms with van der Waals surface area (Å²) in [5, 5.41) is 8.77. The Labute approximate surface area is 150 Å². The van der Waals surface area contributed by atoms with Gasteiger partial charge in [-0.1, -0.05) is 0 Å². The van der Waals surface area contributed by atoms with Crippen LogP contribution in [0.25, 0.3) is 11.1 Å². The Morgan fingerprint density at radius 2 is 1.59 bits per heavy atom. The number of carbonyl (C=O) groups is 1. The summed E-state index contributed by atoms with van der Waals surface area (Å²) in [6.07, 6.45) is -6.15. The fraction of sp³-hybridized carbons (Fsp3) is 0.278. The Hall–Kier alpha value is -2.55. The Morgan fingerprint density at radius 1 is 1.07 bits per heavy atom. The summed E-state index contributed by atoms with van der Waals surface area (Å²) in [6.45, 7) is 2.72. The number of carboxylic acids is 1. The average molecular weight is 391 g/mol. The molecule has 0 fully saturated rings. The molecule has 27 heavy (non-hydrogen) atoms. The second-order valence-electron chi connectivity index (χ2n) is 6.13. The van der Waals surface area contributed by atoms with E-state index in [0.717, 1.165) is 12.1 Å². The number of aryl methyl sites for hydroxylation is 2. The number of benzene rings is 2. The van der Waals surface area contributed by atoms with Crippen molar-refractivity contribution in [2.24, 2.45) is 5.73 Å². The third kappa shape index (κ3) is 4.08. The molecule has 0 aliphatic carbocycles. The van der Waals surface area contributed by atoms with Crippen LogP contribution in [-0.2, 0) is 11.0 Å². The molecule has 9 heteroatoms. The molecule has 0 radical (unpaired) electrons. The molecule has 0 saturated heterocycles. The number of nitrogens with two attached hydrogens (primary N) is 1. The van der Waals surface area contributed by atoms with Gasteiger partial charge in [0.15, 0.2) is 0 Å². The monoisotopic (exact) mass is 391 g/mol. The van der Waals surface area contributed by atoms with Crippen molar-refractivity contribution in [3.8, 4) is 11.1 Å². The zero-order valence-electron chi connectivity index (χ0n) is 14.2. The maximum absolute atomic E-state index is 15.0. The summed E-state index contributed by atoms with van der Waals surface area (Å²) in [5.74, 6) is -5.58. The van der Waals surface area contributed by atoms with Crippen LogP contribution in [0.3, 0.4) is 0 Å². The largest absolute Gasteiger partial charge is 0.481 e. The molecule has 0 aliphatic rings. The first-order chi connectivity index (χ1) is 12.3. The van der Waals surface area contributed by atoms with Gasteiger partial charge in [-0.25, -0.2) is 13.2 Å². The number of hydrogen-bond donors (Lipinski definition) is 2. The molecule has 0 saturated carbocycles. The maximum Gasteiger partial charge on any atom is 0.419 e. The van der Waals surface area contributed by atoms with Crippen molar-refractivity contribution in [1.82, 2.24) is 0 Å². The van der Waals surface area contributed by atoms with Gasteiger partial charge in [0, 0.05) is 17.2 Å². The highest BCUT2D eigenvalue weighted by molar-refractivity contribution is 5.74. The van der Waals surface area contributed by atoms with Crippen LogP contribution >= 0.6 is 0 Å². The standard InChI is InChI=1S/C18H15F6NO2/c1-7-3-9(19)4-8(2)14(7)10-5-11(18(22,23)24)17(21)15(16(10)20)12(25)6-13(26)27/h3-5,12H,6,25H2,1-2H3,(H,26,27). The van der Waals surface area contributed by atoms with Gasteiger partial charge in [-0.2, -0.15) is 13.2 Å². The van der Waals surface area contributed by atoms with Gasteiger partial charge < -0.3 is 10.8 Å². The molecule has 0 bridgehead atoms. The Morgan fingerprint density at radius 3 is 2.04 bits per heavy atom. The lowest BCUT2D eigenvalue weighted by Gasteiger charge is -2.20. The van der Waals surface area contributed by atoms with E-state index in [2.05, 4.69) is 0 Å². The molecule has 0 heterocycles. The van der Waals surface area contributed by atoms with Gasteiger partial charge >= 0.3 is 12.1 Å². The summed E-state index contributed by atoms with van der Waals surface area (Å²) >= 11 is 0. The second-order valence-corrected chi connectivity index (χ2v) is 6.13. The van der Waals surface area contributed by atoms with Gasteiger partial charge in [-0.15, -0.1) is 0 Å². The van der Waals surface area contributed by atoms with E-state index < -0.39 is 58.8 Å². The van der Waals surface area contributed by atoms with E-state index in [-0.39, 0.29) is 22.8 Å². The Kier molecular flexibility index (Phi) is 5.55. The normalized spacial score (nSPS) is 12.9. The van der Waals surface area contributed by atoms with Crippen LogP contribution in [0.5, 0.6) is 0 Å². The van der Waals surface area contributed by atoms with Gasteiger partial charge in [0.2, 0.25) is 0 Å². The predicted octanol–water partition coefficient (Wildman–Crippen LogP) is 4.88. The van der Waals surface area contributed by atoms with Crippen LogP contribution in [0.4, 0.5) is 26.3 Å².